The van der Waals surface area contributed by atoms with Gasteiger partial charge in [0.05, 0.1) is 12.3 Å². The van der Waals surface area contributed by atoms with Crippen LogP contribution in [0, 0.1) is 0 Å². The number of aromatic nitrogens is 1. The van der Waals surface area contributed by atoms with E-state index in [1.807, 2.05) is 0 Å². The standard InChI is InChI=1S/C14H18N2O5/c1-14(2,3)21-13(19)16-11-6-9(12(17)18)10(7-15-11)20-8-4-5-8/h6-8H,4-5H2,1-3H3,(H,17,18)(H,15,16,19). The molecule has 0 unspecified atom stereocenters. The summed E-state index contributed by atoms with van der Waals surface area (Å²) in [5, 5.41) is 11.6. The van der Waals surface area contributed by atoms with E-state index in [4.69, 9.17) is 9.47 Å². The van der Waals surface area contributed by atoms with Gasteiger partial charge in [0.1, 0.15) is 17.0 Å². The number of carbonyl (C=O) groups is 2. The Hall–Kier alpha value is -2.31. The van der Waals surface area contributed by atoms with E-state index in [2.05, 4.69) is 10.3 Å². The number of nitrogens with zero attached hydrogens (tertiary/aromatic N) is 1. The Bertz CT molecular complexity index is 561. The molecule has 0 bridgehead atoms. The second-order valence-electron chi connectivity index (χ2n) is 5.81. The number of hydrogen-bond donors (Lipinski definition) is 2. The van der Waals surface area contributed by atoms with E-state index in [9.17, 15) is 14.7 Å². The van der Waals surface area contributed by atoms with Crippen LogP contribution in [0.1, 0.15) is 44.0 Å². The summed E-state index contributed by atoms with van der Waals surface area (Å²) in [6.07, 6.45) is 2.50. The lowest BCUT2D eigenvalue weighted by molar-refractivity contribution is 0.0631. The first-order chi connectivity index (χ1) is 9.74. The molecule has 2 rings (SSSR count). The van der Waals surface area contributed by atoms with Gasteiger partial charge in [0.15, 0.2) is 5.75 Å². The van der Waals surface area contributed by atoms with Crippen LogP contribution in [0.2, 0.25) is 0 Å². The SMILES string of the molecule is CC(C)(C)OC(=O)Nc1cc(C(=O)O)c(OC2CC2)cn1. The predicted octanol–water partition coefficient (Wildman–Crippen LogP) is 2.67. The minimum atomic E-state index is -1.14. The highest BCUT2D eigenvalue weighted by atomic mass is 16.6. The number of amides is 1. The van der Waals surface area contributed by atoms with Crippen molar-refractivity contribution in [1.82, 2.24) is 4.98 Å². The van der Waals surface area contributed by atoms with Gasteiger partial charge in [-0.05, 0) is 39.7 Å². The minimum absolute atomic E-state index is 0.0389. The zero-order valence-corrected chi connectivity index (χ0v) is 12.2. The summed E-state index contributed by atoms with van der Waals surface area (Å²) in [5.74, 6) is -0.829. The molecule has 0 aromatic carbocycles. The Morgan fingerprint density at radius 1 is 1.38 bits per heavy atom. The molecule has 2 N–H and O–H groups in total. The Balaban J connectivity index is 2.11. The fourth-order valence-electron chi connectivity index (χ4n) is 1.55. The van der Waals surface area contributed by atoms with Crippen molar-refractivity contribution in [3.63, 3.8) is 0 Å². The average molecular weight is 294 g/mol. The molecule has 0 saturated heterocycles. The van der Waals surface area contributed by atoms with Crippen LogP contribution in [0.5, 0.6) is 5.75 Å². The van der Waals surface area contributed by atoms with Crippen LogP contribution in [0.15, 0.2) is 12.3 Å². The summed E-state index contributed by atoms with van der Waals surface area (Å²) < 4.78 is 10.5. The third-order valence-electron chi connectivity index (χ3n) is 2.54. The van der Waals surface area contributed by atoms with Gasteiger partial charge in [0, 0.05) is 0 Å². The molecule has 0 radical (unpaired) electrons. The summed E-state index contributed by atoms with van der Waals surface area (Å²) in [7, 11) is 0. The van der Waals surface area contributed by atoms with Crippen molar-refractivity contribution in [3.05, 3.63) is 17.8 Å². The average Bonchev–Trinajstić information content (AvgIpc) is 3.12. The molecule has 1 saturated carbocycles. The molecule has 0 atom stereocenters. The number of hydrogen-bond acceptors (Lipinski definition) is 5. The molecule has 1 aliphatic rings. The number of anilines is 1. The molecule has 7 heteroatoms. The fourth-order valence-corrected chi connectivity index (χ4v) is 1.55. The highest BCUT2D eigenvalue weighted by Crippen LogP contribution is 2.29. The topological polar surface area (TPSA) is 97.8 Å². The Kier molecular flexibility index (Phi) is 4.02. The molecule has 1 aromatic rings. The van der Waals surface area contributed by atoms with Crippen molar-refractivity contribution in [2.75, 3.05) is 5.32 Å². The summed E-state index contributed by atoms with van der Waals surface area (Å²) in [5.41, 5.74) is -0.683. The number of carboxylic acids is 1. The van der Waals surface area contributed by atoms with Crippen LogP contribution in [0.4, 0.5) is 10.6 Å². The highest BCUT2D eigenvalue weighted by molar-refractivity contribution is 5.93. The van der Waals surface area contributed by atoms with E-state index >= 15 is 0 Å². The summed E-state index contributed by atoms with van der Waals surface area (Å²) >= 11 is 0. The van der Waals surface area contributed by atoms with Crippen LogP contribution in [0.3, 0.4) is 0 Å². The van der Waals surface area contributed by atoms with Gasteiger partial charge >= 0.3 is 12.1 Å². The number of ether oxygens (including phenoxy) is 2. The van der Waals surface area contributed by atoms with E-state index in [0.717, 1.165) is 12.8 Å². The second-order valence-corrected chi connectivity index (χ2v) is 5.81. The summed E-state index contributed by atoms with van der Waals surface area (Å²) in [4.78, 5) is 26.8. The quantitative estimate of drug-likeness (QED) is 0.886. The van der Waals surface area contributed by atoms with Crippen molar-refractivity contribution >= 4 is 17.9 Å². The maximum Gasteiger partial charge on any atom is 0.413 e. The fraction of sp³-hybridized carbons (Fsp3) is 0.500. The van der Waals surface area contributed by atoms with Gasteiger partial charge in [0.25, 0.3) is 0 Å². The summed E-state index contributed by atoms with van der Waals surface area (Å²) in [6, 6.07) is 1.25. The lowest BCUT2D eigenvalue weighted by Gasteiger charge is -2.19. The van der Waals surface area contributed by atoms with Gasteiger partial charge in [-0.15, -0.1) is 0 Å². The van der Waals surface area contributed by atoms with Gasteiger partial charge in [-0.2, -0.15) is 0 Å². The molecule has 1 heterocycles. The molecule has 0 spiro atoms. The van der Waals surface area contributed by atoms with Crippen LogP contribution < -0.4 is 10.1 Å². The number of aromatic carboxylic acids is 1. The van der Waals surface area contributed by atoms with Crippen LogP contribution in [-0.4, -0.2) is 33.9 Å². The number of carboxylic acid groups (broad SMARTS) is 1. The maximum atomic E-state index is 11.6. The van der Waals surface area contributed by atoms with E-state index in [1.165, 1.54) is 12.3 Å². The van der Waals surface area contributed by atoms with Crippen molar-refractivity contribution in [1.29, 1.82) is 0 Å². The van der Waals surface area contributed by atoms with E-state index in [1.54, 1.807) is 20.8 Å². The third-order valence-corrected chi connectivity index (χ3v) is 2.54. The molecular weight excluding hydrogens is 276 g/mol. The van der Waals surface area contributed by atoms with Crippen molar-refractivity contribution in [2.45, 2.75) is 45.3 Å². The lowest BCUT2D eigenvalue weighted by Crippen LogP contribution is -2.27. The molecule has 0 aliphatic heterocycles. The first-order valence-corrected chi connectivity index (χ1v) is 6.64. The molecule has 7 nitrogen and oxygen atoms in total. The first kappa shape index (κ1) is 15.1. The van der Waals surface area contributed by atoms with Crippen LogP contribution in [0.25, 0.3) is 0 Å². The lowest BCUT2D eigenvalue weighted by atomic mass is 10.2. The largest absolute Gasteiger partial charge is 0.488 e. The molecule has 1 amide bonds. The molecule has 1 fully saturated rings. The van der Waals surface area contributed by atoms with E-state index < -0.39 is 17.7 Å². The van der Waals surface area contributed by atoms with Gasteiger partial charge in [-0.3, -0.25) is 5.32 Å². The monoisotopic (exact) mass is 294 g/mol. The highest BCUT2D eigenvalue weighted by Gasteiger charge is 2.26. The molecule has 1 aliphatic carbocycles. The van der Waals surface area contributed by atoms with Gasteiger partial charge < -0.3 is 14.6 Å². The van der Waals surface area contributed by atoms with Gasteiger partial charge in [0.2, 0.25) is 0 Å². The normalized spacial score (nSPS) is 14.4. The molecule has 1 aromatic heterocycles. The minimum Gasteiger partial charge on any atom is -0.488 e. The zero-order chi connectivity index (χ0) is 15.6. The van der Waals surface area contributed by atoms with Crippen LogP contribution >= 0.6 is 0 Å². The van der Waals surface area contributed by atoms with Crippen molar-refractivity contribution in [2.24, 2.45) is 0 Å². The third kappa shape index (κ3) is 4.62. The van der Waals surface area contributed by atoms with E-state index in [0.29, 0.717) is 0 Å². The Morgan fingerprint density at radius 2 is 2.05 bits per heavy atom. The number of rotatable bonds is 4. The van der Waals surface area contributed by atoms with Crippen molar-refractivity contribution in [3.8, 4) is 5.75 Å². The number of nitrogens with one attached hydrogen (secondary N) is 1. The smallest absolute Gasteiger partial charge is 0.413 e. The number of pyridine rings is 1. The Labute approximate surface area is 122 Å². The van der Waals surface area contributed by atoms with Crippen LogP contribution in [-0.2, 0) is 4.74 Å². The molecule has 21 heavy (non-hydrogen) atoms. The van der Waals surface area contributed by atoms with Crippen molar-refractivity contribution < 1.29 is 24.2 Å². The maximum absolute atomic E-state index is 11.6. The van der Waals surface area contributed by atoms with Gasteiger partial charge in [-0.25, -0.2) is 14.6 Å². The molecular formula is C14H18N2O5. The number of carbonyl (C=O) groups excluding carboxylic acids is 1. The Morgan fingerprint density at radius 3 is 2.57 bits per heavy atom. The van der Waals surface area contributed by atoms with E-state index in [-0.39, 0.29) is 23.2 Å². The summed E-state index contributed by atoms with van der Waals surface area (Å²) in [6.45, 7) is 5.19. The molecule has 114 valence electrons. The van der Waals surface area contributed by atoms with Gasteiger partial charge in [-0.1, -0.05) is 0 Å². The second kappa shape index (κ2) is 5.59. The first-order valence-electron chi connectivity index (χ1n) is 6.64. The zero-order valence-electron chi connectivity index (χ0n) is 12.2. The predicted molar refractivity (Wildman–Crippen MR) is 74.7 cm³/mol.